The zero-order chi connectivity index (χ0) is 14.3. The van der Waals surface area contributed by atoms with Crippen molar-refractivity contribution in [2.24, 2.45) is 0 Å². The van der Waals surface area contributed by atoms with Crippen molar-refractivity contribution in [2.75, 3.05) is 25.1 Å². The van der Waals surface area contributed by atoms with Gasteiger partial charge in [-0.3, -0.25) is 14.7 Å². The van der Waals surface area contributed by atoms with E-state index in [1.54, 1.807) is 10.7 Å². The predicted octanol–water partition coefficient (Wildman–Crippen LogP) is 0.0449. The molecule has 1 N–H and O–H groups in total. The van der Waals surface area contributed by atoms with Gasteiger partial charge in [-0.1, -0.05) is 15.9 Å². The quantitative estimate of drug-likeness (QED) is 0.607. The summed E-state index contributed by atoms with van der Waals surface area (Å²) in [7, 11) is 1.88. The molecule has 1 saturated heterocycles. The standard InChI is InChI=1S/C13H19BrN4O2/c1-16-11(14)7-12-15-9(6-13(20)18(12)16)8-17-4-2-10(19)3-5-17/h6,10-11,19H,2-5,7-8H2,1H3. The number of aromatic nitrogens is 2. The average Bonchev–Trinajstić information content (AvgIpc) is 2.68. The maximum absolute atomic E-state index is 12.2. The monoisotopic (exact) mass is 342 g/mol. The van der Waals surface area contributed by atoms with Crippen LogP contribution in [0.4, 0.5) is 0 Å². The minimum absolute atomic E-state index is 0.0218. The van der Waals surface area contributed by atoms with Crippen molar-refractivity contribution >= 4 is 15.9 Å². The summed E-state index contributed by atoms with van der Waals surface area (Å²) in [5.74, 6) is 0.814. The van der Waals surface area contributed by atoms with Gasteiger partial charge in [-0.15, -0.1) is 0 Å². The number of hydrogen-bond acceptors (Lipinski definition) is 5. The van der Waals surface area contributed by atoms with Gasteiger partial charge < -0.3 is 5.11 Å². The number of likely N-dealkylation sites (tertiary alicyclic amines) is 1. The van der Waals surface area contributed by atoms with Crippen LogP contribution in [0.5, 0.6) is 0 Å². The third-order valence-electron chi connectivity index (χ3n) is 4.03. The van der Waals surface area contributed by atoms with Crippen LogP contribution in [-0.4, -0.2) is 50.9 Å². The first-order chi connectivity index (χ1) is 9.54. The Kier molecular flexibility index (Phi) is 3.83. The Bertz CT molecular complexity index is 554. The summed E-state index contributed by atoms with van der Waals surface area (Å²) >= 11 is 3.54. The number of likely N-dealkylation sites (N-methyl/N-ethyl adjacent to an activating group) is 1. The third-order valence-corrected chi connectivity index (χ3v) is 4.95. The number of nitrogens with zero attached hydrogens (tertiary/aromatic N) is 4. The van der Waals surface area contributed by atoms with E-state index in [4.69, 9.17) is 0 Å². The molecule has 110 valence electrons. The predicted molar refractivity (Wildman–Crippen MR) is 79.6 cm³/mol. The van der Waals surface area contributed by atoms with Crippen molar-refractivity contribution in [1.82, 2.24) is 14.6 Å². The first kappa shape index (κ1) is 14.0. The second kappa shape index (κ2) is 5.46. The number of piperidine rings is 1. The molecule has 0 aliphatic carbocycles. The van der Waals surface area contributed by atoms with Crippen LogP contribution in [0, 0.1) is 0 Å². The second-order valence-corrected chi connectivity index (χ2v) is 6.59. The molecule has 20 heavy (non-hydrogen) atoms. The van der Waals surface area contributed by atoms with Crippen molar-refractivity contribution in [3.63, 3.8) is 0 Å². The van der Waals surface area contributed by atoms with Crippen LogP contribution in [0.3, 0.4) is 0 Å². The highest BCUT2D eigenvalue weighted by Gasteiger charge is 2.27. The van der Waals surface area contributed by atoms with Gasteiger partial charge in [-0.25, -0.2) is 9.66 Å². The van der Waals surface area contributed by atoms with E-state index in [0.717, 1.165) is 43.9 Å². The molecule has 1 aromatic rings. The molecule has 0 aromatic carbocycles. The van der Waals surface area contributed by atoms with Gasteiger partial charge in [-0.05, 0) is 12.8 Å². The Hall–Kier alpha value is -0.920. The van der Waals surface area contributed by atoms with Gasteiger partial charge in [-0.2, -0.15) is 0 Å². The Balaban J connectivity index is 1.78. The Morgan fingerprint density at radius 3 is 2.85 bits per heavy atom. The van der Waals surface area contributed by atoms with Crippen LogP contribution in [-0.2, 0) is 13.0 Å². The van der Waals surface area contributed by atoms with Crippen LogP contribution in [0.1, 0.15) is 24.4 Å². The van der Waals surface area contributed by atoms with Crippen molar-refractivity contribution < 1.29 is 5.11 Å². The van der Waals surface area contributed by atoms with Crippen LogP contribution >= 0.6 is 15.9 Å². The van der Waals surface area contributed by atoms with Crippen LogP contribution < -0.4 is 10.6 Å². The lowest BCUT2D eigenvalue weighted by Gasteiger charge is -2.29. The van der Waals surface area contributed by atoms with Crippen molar-refractivity contribution in [3.05, 3.63) is 27.9 Å². The molecule has 2 aliphatic heterocycles. The summed E-state index contributed by atoms with van der Waals surface area (Å²) in [5, 5.41) is 11.4. The zero-order valence-electron chi connectivity index (χ0n) is 11.5. The smallest absolute Gasteiger partial charge is 0.272 e. The Morgan fingerprint density at radius 1 is 1.45 bits per heavy atom. The molecule has 2 aliphatic rings. The maximum Gasteiger partial charge on any atom is 0.272 e. The molecule has 3 rings (SSSR count). The van der Waals surface area contributed by atoms with Gasteiger partial charge in [0.25, 0.3) is 5.56 Å². The fraction of sp³-hybridized carbons (Fsp3) is 0.692. The van der Waals surface area contributed by atoms with E-state index < -0.39 is 0 Å². The lowest BCUT2D eigenvalue weighted by molar-refractivity contribution is 0.0786. The second-order valence-electron chi connectivity index (χ2n) is 5.53. The van der Waals surface area contributed by atoms with E-state index in [1.165, 1.54) is 0 Å². The largest absolute Gasteiger partial charge is 0.393 e. The number of hydrogen-bond donors (Lipinski definition) is 1. The molecular weight excluding hydrogens is 324 g/mol. The summed E-state index contributed by atoms with van der Waals surface area (Å²) < 4.78 is 1.63. The molecule has 7 heteroatoms. The van der Waals surface area contributed by atoms with Crippen LogP contribution in [0.25, 0.3) is 0 Å². The highest BCUT2D eigenvalue weighted by molar-refractivity contribution is 9.09. The molecule has 0 saturated carbocycles. The SMILES string of the molecule is CN1C(Br)Cc2nc(CN3CCC(O)CC3)cc(=O)n21. The van der Waals surface area contributed by atoms with Gasteiger partial charge in [0.1, 0.15) is 10.8 Å². The Labute approximate surface area is 126 Å². The molecule has 3 heterocycles. The fourth-order valence-electron chi connectivity index (χ4n) is 2.84. The van der Waals surface area contributed by atoms with E-state index in [-0.39, 0.29) is 16.6 Å². The molecular formula is C13H19BrN4O2. The third kappa shape index (κ3) is 2.62. The summed E-state index contributed by atoms with van der Waals surface area (Å²) in [4.78, 5) is 19.2. The lowest BCUT2D eigenvalue weighted by Crippen LogP contribution is -2.39. The molecule has 6 nitrogen and oxygen atoms in total. The van der Waals surface area contributed by atoms with E-state index in [0.29, 0.717) is 6.54 Å². The van der Waals surface area contributed by atoms with Crippen molar-refractivity contribution in [3.8, 4) is 0 Å². The van der Waals surface area contributed by atoms with E-state index >= 15 is 0 Å². The molecule has 1 atom stereocenters. The maximum atomic E-state index is 12.2. The molecule has 0 bridgehead atoms. The van der Waals surface area contributed by atoms with Gasteiger partial charge in [0, 0.05) is 39.2 Å². The minimum Gasteiger partial charge on any atom is -0.393 e. The minimum atomic E-state index is -0.173. The number of halogens is 1. The summed E-state index contributed by atoms with van der Waals surface area (Å²) in [5.41, 5.74) is 0.805. The molecule has 0 spiro atoms. The van der Waals surface area contributed by atoms with Gasteiger partial charge in [0.15, 0.2) is 0 Å². The highest BCUT2D eigenvalue weighted by Crippen LogP contribution is 2.18. The van der Waals surface area contributed by atoms with Gasteiger partial charge >= 0.3 is 0 Å². The van der Waals surface area contributed by atoms with E-state index in [1.807, 2.05) is 12.1 Å². The number of aliphatic hydroxyl groups is 1. The lowest BCUT2D eigenvalue weighted by atomic mass is 10.1. The highest BCUT2D eigenvalue weighted by atomic mass is 79.9. The number of rotatable bonds is 2. The molecule has 1 unspecified atom stereocenters. The molecule has 0 amide bonds. The van der Waals surface area contributed by atoms with Crippen molar-refractivity contribution in [1.29, 1.82) is 0 Å². The summed E-state index contributed by atoms with van der Waals surface area (Å²) in [6.45, 7) is 2.41. The zero-order valence-corrected chi connectivity index (χ0v) is 13.1. The number of aliphatic hydroxyl groups excluding tert-OH is 1. The Morgan fingerprint density at radius 2 is 2.15 bits per heavy atom. The van der Waals surface area contributed by atoms with Gasteiger partial charge in [0.05, 0.1) is 11.8 Å². The summed E-state index contributed by atoms with van der Waals surface area (Å²) in [6.07, 6.45) is 2.16. The van der Waals surface area contributed by atoms with Gasteiger partial charge in [0.2, 0.25) is 0 Å². The number of fused-ring (bicyclic) bond motifs is 1. The fourth-order valence-corrected chi connectivity index (χ4v) is 3.31. The van der Waals surface area contributed by atoms with Crippen LogP contribution in [0.2, 0.25) is 0 Å². The van der Waals surface area contributed by atoms with E-state index in [9.17, 15) is 9.90 Å². The topological polar surface area (TPSA) is 61.6 Å². The normalized spacial score (nSPS) is 24.1. The number of alkyl halides is 1. The van der Waals surface area contributed by atoms with E-state index in [2.05, 4.69) is 25.8 Å². The van der Waals surface area contributed by atoms with Crippen molar-refractivity contribution in [2.45, 2.75) is 36.9 Å². The average molecular weight is 343 g/mol. The first-order valence-electron chi connectivity index (χ1n) is 6.94. The molecule has 1 aromatic heterocycles. The molecule has 1 fully saturated rings. The van der Waals surface area contributed by atoms with Crippen LogP contribution in [0.15, 0.2) is 10.9 Å². The summed E-state index contributed by atoms with van der Waals surface area (Å²) in [6, 6.07) is 1.62. The first-order valence-corrected chi connectivity index (χ1v) is 7.85. The molecule has 0 radical (unpaired) electrons.